The molecule has 1 saturated carbocycles. The van der Waals surface area contributed by atoms with E-state index >= 15 is 0 Å². The lowest BCUT2D eigenvalue weighted by Crippen LogP contribution is -2.11. The third-order valence-electron chi connectivity index (χ3n) is 3.78. The molecule has 106 valence electrons. The lowest BCUT2D eigenvalue weighted by atomic mass is 10.1. The molecular formula is C16H24O3. The average molecular weight is 264 g/mol. The van der Waals surface area contributed by atoms with E-state index < -0.39 is 0 Å². The fourth-order valence-corrected chi connectivity index (χ4v) is 2.43. The molecule has 2 fully saturated rings. The van der Waals surface area contributed by atoms with E-state index in [4.69, 9.17) is 9.47 Å². The summed E-state index contributed by atoms with van der Waals surface area (Å²) < 4.78 is 10.1. The molecule has 0 spiro atoms. The monoisotopic (exact) mass is 264 g/mol. The van der Waals surface area contributed by atoms with Crippen LogP contribution in [0.4, 0.5) is 0 Å². The minimum absolute atomic E-state index is 0.130. The Kier molecular flexibility index (Phi) is 5.20. The minimum Gasteiger partial charge on any atom is -0.459 e. The van der Waals surface area contributed by atoms with Crippen LogP contribution in [0.5, 0.6) is 0 Å². The van der Waals surface area contributed by atoms with E-state index in [-0.39, 0.29) is 12.1 Å². The van der Waals surface area contributed by atoms with E-state index in [1.54, 1.807) is 5.57 Å². The van der Waals surface area contributed by atoms with Gasteiger partial charge in [-0.1, -0.05) is 25.2 Å². The van der Waals surface area contributed by atoms with Crippen LogP contribution in [-0.2, 0) is 14.3 Å². The van der Waals surface area contributed by atoms with Gasteiger partial charge in [0, 0.05) is 5.57 Å². The number of ether oxygens (including phenoxy) is 2. The summed E-state index contributed by atoms with van der Waals surface area (Å²) in [5.74, 6) is 0.582. The van der Waals surface area contributed by atoms with Crippen LogP contribution in [0.2, 0.25) is 0 Å². The summed E-state index contributed by atoms with van der Waals surface area (Å²) in [7, 11) is 0. The van der Waals surface area contributed by atoms with Gasteiger partial charge in [-0.3, -0.25) is 0 Å². The topological polar surface area (TPSA) is 38.8 Å². The molecule has 2 rings (SSSR count). The number of carbonyl (C=O) groups is 1. The highest BCUT2D eigenvalue weighted by atomic mass is 16.6. The summed E-state index contributed by atoms with van der Waals surface area (Å²) in [5.41, 5.74) is 2.17. The lowest BCUT2D eigenvalue weighted by Gasteiger charge is -2.05. The molecule has 1 saturated heterocycles. The van der Waals surface area contributed by atoms with Crippen molar-refractivity contribution in [3.05, 3.63) is 23.8 Å². The highest BCUT2D eigenvalue weighted by molar-refractivity contribution is 5.87. The van der Waals surface area contributed by atoms with Crippen molar-refractivity contribution in [2.24, 2.45) is 5.92 Å². The van der Waals surface area contributed by atoms with E-state index in [1.807, 2.05) is 0 Å². The first-order chi connectivity index (χ1) is 9.15. The number of rotatable bonds is 7. The predicted molar refractivity (Wildman–Crippen MR) is 74.8 cm³/mol. The van der Waals surface area contributed by atoms with Crippen LogP contribution in [0, 0.1) is 5.92 Å². The van der Waals surface area contributed by atoms with E-state index in [0.717, 1.165) is 25.2 Å². The molecule has 3 nitrogen and oxygen atoms in total. The predicted octanol–water partition coefficient (Wildman–Crippen LogP) is 3.40. The third-order valence-corrected chi connectivity index (χ3v) is 3.78. The summed E-state index contributed by atoms with van der Waals surface area (Å²) >= 11 is 0. The largest absolute Gasteiger partial charge is 0.459 e. The van der Waals surface area contributed by atoms with Gasteiger partial charge in [0.1, 0.15) is 12.7 Å². The van der Waals surface area contributed by atoms with Gasteiger partial charge in [-0.2, -0.15) is 0 Å². The normalized spacial score (nSPS) is 27.5. The van der Waals surface area contributed by atoms with Crippen LogP contribution in [0.3, 0.4) is 0 Å². The molecule has 0 bridgehead atoms. The number of hydrogen-bond acceptors (Lipinski definition) is 3. The fraction of sp³-hybridized carbons (Fsp3) is 0.688. The minimum atomic E-state index is -0.266. The Bertz CT molecular complexity index is 366. The highest BCUT2D eigenvalue weighted by Crippen LogP contribution is 2.30. The van der Waals surface area contributed by atoms with Gasteiger partial charge in [0.15, 0.2) is 0 Å². The zero-order chi connectivity index (χ0) is 13.7. The first-order valence-corrected chi connectivity index (χ1v) is 7.29. The molecule has 3 heteroatoms. The maximum Gasteiger partial charge on any atom is 0.333 e. The highest BCUT2D eigenvalue weighted by Gasteiger charge is 2.24. The number of unbranched alkanes of at least 4 members (excludes halogenated alkanes) is 1. The van der Waals surface area contributed by atoms with Crippen molar-refractivity contribution in [2.45, 2.75) is 51.6 Å². The number of allylic oxidation sites excluding steroid dienone is 2. The lowest BCUT2D eigenvalue weighted by molar-refractivity contribution is -0.139. The number of epoxide rings is 1. The maximum atomic E-state index is 11.6. The van der Waals surface area contributed by atoms with Crippen molar-refractivity contribution in [1.29, 1.82) is 0 Å². The van der Waals surface area contributed by atoms with E-state index in [1.165, 1.54) is 19.3 Å². The second-order valence-corrected chi connectivity index (χ2v) is 5.76. The Morgan fingerprint density at radius 1 is 1.58 bits per heavy atom. The van der Waals surface area contributed by atoms with Crippen LogP contribution in [0.25, 0.3) is 0 Å². The number of carbonyl (C=O) groups excluding carboxylic acids is 1. The molecule has 2 unspecified atom stereocenters. The average Bonchev–Trinajstić information content (AvgIpc) is 3.13. The van der Waals surface area contributed by atoms with Crippen LogP contribution >= 0.6 is 0 Å². The quantitative estimate of drug-likeness (QED) is 0.232. The van der Waals surface area contributed by atoms with Crippen molar-refractivity contribution in [2.75, 3.05) is 13.2 Å². The second kappa shape index (κ2) is 6.90. The summed E-state index contributed by atoms with van der Waals surface area (Å²) in [4.78, 5) is 11.6. The van der Waals surface area contributed by atoms with E-state index in [0.29, 0.717) is 18.8 Å². The Hall–Kier alpha value is -1.09. The Balaban J connectivity index is 1.56. The summed E-state index contributed by atoms with van der Waals surface area (Å²) in [5, 5.41) is 0. The zero-order valence-electron chi connectivity index (χ0n) is 11.8. The van der Waals surface area contributed by atoms with Crippen molar-refractivity contribution in [3.8, 4) is 0 Å². The van der Waals surface area contributed by atoms with Crippen molar-refractivity contribution >= 4 is 5.97 Å². The van der Waals surface area contributed by atoms with Crippen molar-refractivity contribution < 1.29 is 14.3 Å². The molecule has 1 aliphatic carbocycles. The molecule has 0 radical (unpaired) electrons. The van der Waals surface area contributed by atoms with Gasteiger partial charge in [0.2, 0.25) is 0 Å². The van der Waals surface area contributed by atoms with Gasteiger partial charge in [0.05, 0.1) is 6.61 Å². The summed E-state index contributed by atoms with van der Waals surface area (Å²) in [6, 6.07) is 0. The first-order valence-electron chi connectivity index (χ1n) is 7.29. The third kappa shape index (κ3) is 5.19. The van der Waals surface area contributed by atoms with E-state index in [9.17, 15) is 4.79 Å². The second-order valence-electron chi connectivity index (χ2n) is 5.76. The van der Waals surface area contributed by atoms with Crippen molar-refractivity contribution in [3.63, 3.8) is 0 Å². The van der Waals surface area contributed by atoms with Gasteiger partial charge in [-0.05, 0) is 44.4 Å². The molecule has 1 aliphatic heterocycles. The van der Waals surface area contributed by atoms with Gasteiger partial charge in [-0.25, -0.2) is 4.79 Å². The summed E-state index contributed by atoms with van der Waals surface area (Å²) in [6.45, 7) is 7.19. The summed E-state index contributed by atoms with van der Waals surface area (Å²) in [6.07, 6.45) is 9.06. The van der Waals surface area contributed by atoms with Gasteiger partial charge in [0.25, 0.3) is 0 Å². The van der Waals surface area contributed by atoms with Crippen molar-refractivity contribution in [1.82, 2.24) is 0 Å². The van der Waals surface area contributed by atoms with Gasteiger partial charge >= 0.3 is 5.97 Å². The molecule has 2 aliphatic rings. The fourth-order valence-electron chi connectivity index (χ4n) is 2.43. The molecule has 0 aromatic rings. The number of esters is 1. The molecule has 0 amide bonds. The molecule has 2 atom stereocenters. The Morgan fingerprint density at radius 2 is 2.37 bits per heavy atom. The smallest absolute Gasteiger partial charge is 0.333 e. The zero-order valence-corrected chi connectivity index (χ0v) is 11.8. The standard InChI is InChI=1S/C16H24O3/c1-12-7-8-14(9-12)6-4-3-5-13(2)16(17)19-11-15-10-18-15/h6,12,15H,2-5,7-11H2,1H3. The van der Waals surface area contributed by atoms with Crippen LogP contribution in [0.15, 0.2) is 23.8 Å². The molecule has 0 N–H and O–H groups in total. The first kappa shape index (κ1) is 14.3. The Labute approximate surface area is 115 Å². The molecule has 0 aromatic heterocycles. The van der Waals surface area contributed by atoms with Gasteiger partial charge in [-0.15, -0.1) is 0 Å². The Morgan fingerprint density at radius 3 is 3.00 bits per heavy atom. The van der Waals surface area contributed by atoms with Gasteiger partial charge < -0.3 is 9.47 Å². The molecule has 19 heavy (non-hydrogen) atoms. The van der Waals surface area contributed by atoms with Crippen LogP contribution in [0.1, 0.15) is 45.4 Å². The molecule has 0 aromatic carbocycles. The van der Waals surface area contributed by atoms with Crippen LogP contribution < -0.4 is 0 Å². The SMILES string of the molecule is C=C(CCCC=C1CCC(C)C1)C(=O)OCC1CO1. The van der Waals surface area contributed by atoms with E-state index in [2.05, 4.69) is 19.6 Å². The maximum absolute atomic E-state index is 11.6. The number of hydrogen-bond donors (Lipinski definition) is 0. The molecule has 1 heterocycles. The molecular weight excluding hydrogens is 240 g/mol. The van der Waals surface area contributed by atoms with Crippen LogP contribution in [-0.4, -0.2) is 25.3 Å².